The number of thiophene rings is 1. The molecule has 0 radical (unpaired) electrons. The van der Waals surface area contributed by atoms with Crippen LogP contribution in [-0.4, -0.2) is 14.3 Å². The maximum absolute atomic E-state index is 12.8. The quantitative estimate of drug-likeness (QED) is 0.557. The van der Waals surface area contributed by atoms with Crippen molar-refractivity contribution >= 4 is 33.0 Å². The standard InChI is InChI=1S/C22H24N2O3S2/c1-15(2)21(19-8-5-4-7-16(19)3)23-22(25)17-10-12-18(13-11-17)24-29(26,27)20-9-6-14-28-20/h4-15,21,24H,1-3H3,(H,23,25)/t21-/m1/s1. The highest BCUT2D eigenvalue weighted by atomic mass is 32.2. The number of aryl methyl sites for hydroxylation is 1. The van der Waals surface area contributed by atoms with E-state index < -0.39 is 10.0 Å². The van der Waals surface area contributed by atoms with Crippen LogP contribution in [-0.2, 0) is 10.0 Å². The van der Waals surface area contributed by atoms with Crippen molar-refractivity contribution in [3.63, 3.8) is 0 Å². The lowest BCUT2D eigenvalue weighted by molar-refractivity contribution is 0.0925. The number of carbonyl (C=O) groups excluding carboxylic acids is 1. The Bertz CT molecular complexity index is 1070. The number of benzene rings is 2. The van der Waals surface area contributed by atoms with Crippen LogP contribution in [0.15, 0.2) is 70.3 Å². The van der Waals surface area contributed by atoms with Crippen LogP contribution in [0.5, 0.6) is 0 Å². The van der Waals surface area contributed by atoms with Crippen molar-refractivity contribution in [2.24, 2.45) is 5.92 Å². The average Bonchev–Trinajstić information content (AvgIpc) is 3.22. The summed E-state index contributed by atoms with van der Waals surface area (Å²) in [6.45, 7) is 6.17. The summed E-state index contributed by atoms with van der Waals surface area (Å²) in [5.74, 6) is 0.0246. The third-order valence-corrected chi connectivity index (χ3v) is 7.41. The molecule has 0 unspecified atom stereocenters. The van der Waals surface area contributed by atoms with Gasteiger partial charge >= 0.3 is 0 Å². The molecule has 0 aliphatic carbocycles. The summed E-state index contributed by atoms with van der Waals surface area (Å²) >= 11 is 1.15. The second-order valence-corrected chi connectivity index (χ2v) is 10.0. The van der Waals surface area contributed by atoms with E-state index in [1.807, 2.05) is 31.2 Å². The van der Waals surface area contributed by atoms with Gasteiger partial charge in [0.15, 0.2) is 0 Å². The fourth-order valence-electron chi connectivity index (χ4n) is 3.08. The van der Waals surface area contributed by atoms with Crippen molar-refractivity contribution in [2.75, 3.05) is 4.72 Å². The van der Waals surface area contributed by atoms with Crippen LogP contribution in [0.4, 0.5) is 5.69 Å². The summed E-state index contributed by atoms with van der Waals surface area (Å²) in [7, 11) is -3.61. The summed E-state index contributed by atoms with van der Waals surface area (Å²) in [5, 5.41) is 4.81. The molecule has 0 fully saturated rings. The summed E-state index contributed by atoms with van der Waals surface area (Å²) < 4.78 is 27.4. The van der Waals surface area contributed by atoms with Gasteiger partial charge in [0.25, 0.3) is 15.9 Å². The molecule has 3 rings (SSSR count). The molecule has 5 nitrogen and oxygen atoms in total. The van der Waals surface area contributed by atoms with Gasteiger partial charge in [-0.3, -0.25) is 9.52 Å². The molecule has 1 amide bonds. The van der Waals surface area contributed by atoms with E-state index in [0.29, 0.717) is 11.3 Å². The molecule has 1 atom stereocenters. The molecule has 3 aromatic rings. The topological polar surface area (TPSA) is 75.3 Å². The summed E-state index contributed by atoms with van der Waals surface area (Å²) in [6, 6.07) is 17.6. The Labute approximate surface area is 175 Å². The third kappa shape index (κ3) is 5.05. The molecule has 2 N–H and O–H groups in total. The lowest BCUT2D eigenvalue weighted by Crippen LogP contribution is -2.32. The number of hydrogen-bond donors (Lipinski definition) is 2. The summed E-state index contributed by atoms with van der Waals surface area (Å²) in [6.07, 6.45) is 0. The van der Waals surface area contributed by atoms with Gasteiger partial charge in [0.2, 0.25) is 0 Å². The fraction of sp³-hybridized carbons (Fsp3) is 0.227. The molecule has 0 aliphatic heterocycles. The van der Waals surface area contributed by atoms with Crippen molar-refractivity contribution in [1.29, 1.82) is 0 Å². The van der Waals surface area contributed by atoms with E-state index >= 15 is 0 Å². The number of sulfonamides is 1. The number of amides is 1. The second-order valence-electron chi connectivity index (χ2n) is 7.17. The summed E-state index contributed by atoms with van der Waals surface area (Å²) in [5.41, 5.74) is 3.11. The van der Waals surface area contributed by atoms with Crippen molar-refractivity contribution < 1.29 is 13.2 Å². The minimum absolute atomic E-state index is 0.110. The molecule has 0 saturated carbocycles. The third-order valence-electron chi connectivity index (χ3n) is 4.64. The first-order valence-corrected chi connectivity index (χ1v) is 11.7. The van der Waals surface area contributed by atoms with Crippen LogP contribution in [0, 0.1) is 12.8 Å². The average molecular weight is 429 g/mol. The predicted molar refractivity (Wildman–Crippen MR) is 118 cm³/mol. The molecule has 152 valence electrons. The SMILES string of the molecule is Cc1ccccc1[C@H](NC(=O)c1ccc(NS(=O)(=O)c2cccs2)cc1)C(C)C. The molecular weight excluding hydrogens is 404 g/mol. The minimum atomic E-state index is -3.61. The molecule has 0 bridgehead atoms. The number of carbonyl (C=O) groups is 1. The second kappa shape index (κ2) is 8.80. The monoisotopic (exact) mass is 428 g/mol. The zero-order valence-corrected chi connectivity index (χ0v) is 18.2. The molecule has 0 aliphatic rings. The van der Waals surface area contributed by atoms with Gasteiger partial charge in [-0.05, 0) is 59.7 Å². The van der Waals surface area contributed by atoms with Crippen molar-refractivity contribution in [2.45, 2.75) is 31.0 Å². The van der Waals surface area contributed by atoms with Gasteiger partial charge in [-0.2, -0.15) is 0 Å². The fourth-order valence-corrected chi connectivity index (χ4v) is 5.13. The van der Waals surface area contributed by atoms with Gasteiger partial charge < -0.3 is 5.32 Å². The Kier molecular flexibility index (Phi) is 6.39. The van der Waals surface area contributed by atoms with Crippen LogP contribution in [0.3, 0.4) is 0 Å². The Balaban J connectivity index is 1.74. The Morgan fingerprint density at radius 3 is 2.24 bits per heavy atom. The van der Waals surface area contributed by atoms with Gasteiger partial charge in [0.1, 0.15) is 4.21 Å². The molecular formula is C22H24N2O3S2. The molecule has 0 saturated heterocycles. The zero-order valence-electron chi connectivity index (χ0n) is 16.5. The number of hydrogen-bond acceptors (Lipinski definition) is 4. The molecule has 1 aromatic heterocycles. The van der Waals surface area contributed by atoms with Crippen LogP contribution in [0.1, 0.15) is 41.4 Å². The molecule has 0 spiro atoms. The molecule has 29 heavy (non-hydrogen) atoms. The highest BCUT2D eigenvalue weighted by molar-refractivity contribution is 7.94. The first kappa shape index (κ1) is 21.1. The van der Waals surface area contributed by atoms with E-state index in [1.54, 1.807) is 41.8 Å². The van der Waals surface area contributed by atoms with E-state index in [0.717, 1.165) is 22.5 Å². The maximum atomic E-state index is 12.8. The van der Waals surface area contributed by atoms with Gasteiger partial charge in [-0.15, -0.1) is 11.3 Å². The highest BCUT2D eigenvalue weighted by Crippen LogP contribution is 2.25. The van der Waals surface area contributed by atoms with Crippen LogP contribution >= 0.6 is 11.3 Å². The van der Waals surface area contributed by atoms with E-state index in [1.165, 1.54) is 0 Å². The number of nitrogens with one attached hydrogen (secondary N) is 2. The highest BCUT2D eigenvalue weighted by Gasteiger charge is 2.21. The van der Waals surface area contributed by atoms with E-state index in [9.17, 15) is 13.2 Å². The normalized spacial score (nSPS) is 12.6. The summed E-state index contributed by atoms with van der Waals surface area (Å²) in [4.78, 5) is 12.8. The van der Waals surface area contributed by atoms with Gasteiger partial charge in [-0.25, -0.2) is 8.42 Å². The Hall–Kier alpha value is -2.64. The van der Waals surface area contributed by atoms with E-state index in [2.05, 4.69) is 23.9 Å². The van der Waals surface area contributed by atoms with Gasteiger partial charge in [0.05, 0.1) is 6.04 Å². The van der Waals surface area contributed by atoms with Crippen LogP contribution < -0.4 is 10.0 Å². The first-order chi connectivity index (χ1) is 13.8. The van der Waals surface area contributed by atoms with E-state index in [-0.39, 0.29) is 22.1 Å². The van der Waals surface area contributed by atoms with Crippen LogP contribution in [0.25, 0.3) is 0 Å². The predicted octanol–water partition coefficient (Wildman–Crippen LogP) is 4.98. The number of anilines is 1. The Morgan fingerprint density at radius 1 is 0.966 bits per heavy atom. The largest absolute Gasteiger partial charge is 0.345 e. The lowest BCUT2D eigenvalue weighted by atomic mass is 9.92. The van der Waals surface area contributed by atoms with Crippen molar-refractivity contribution in [3.8, 4) is 0 Å². The molecule has 1 heterocycles. The first-order valence-electron chi connectivity index (χ1n) is 9.30. The van der Waals surface area contributed by atoms with Crippen molar-refractivity contribution in [3.05, 3.63) is 82.7 Å². The maximum Gasteiger partial charge on any atom is 0.271 e. The molecule has 2 aromatic carbocycles. The Morgan fingerprint density at radius 2 is 1.66 bits per heavy atom. The van der Waals surface area contributed by atoms with E-state index in [4.69, 9.17) is 0 Å². The van der Waals surface area contributed by atoms with Crippen molar-refractivity contribution in [1.82, 2.24) is 5.32 Å². The van der Waals surface area contributed by atoms with Gasteiger partial charge in [0, 0.05) is 11.3 Å². The number of rotatable bonds is 7. The van der Waals surface area contributed by atoms with Gasteiger partial charge in [-0.1, -0.05) is 44.2 Å². The molecule has 7 heteroatoms. The lowest BCUT2D eigenvalue weighted by Gasteiger charge is -2.24. The minimum Gasteiger partial charge on any atom is -0.345 e. The zero-order chi connectivity index (χ0) is 21.0. The van der Waals surface area contributed by atoms with Crippen LogP contribution in [0.2, 0.25) is 0 Å². The smallest absolute Gasteiger partial charge is 0.271 e.